The van der Waals surface area contributed by atoms with E-state index in [4.69, 9.17) is 4.74 Å². The van der Waals surface area contributed by atoms with E-state index in [9.17, 15) is 4.79 Å². The topological polar surface area (TPSA) is 41.6 Å². The normalized spacial score (nSPS) is 15.5. The van der Waals surface area contributed by atoms with Crippen LogP contribution in [0.5, 0.6) is 5.75 Å². The second kappa shape index (κ2) is 10.3. The van der Waals surface area contributed by atoms with Gasteiger partial charge in [-0.3, -0.25) is 4.79 Å². The van der Waals surface area contributed by atoms with Crippen LogP contribution < -0.4 is 10.1 Å². The molecule has 4 heteroatoms. The molecule has 0 aliphatic carbocycles. The van der Waals surface area contributed by atoms with Crippen molar-refractivity contribution >= 4 is 5.91 Å². The molecule has 1 N–H and O–H groups in total. The fourth-order valence-corrected chi connectivity index (χ4v) is 2.91. The Labute approximate surface area is 146 Å². The van der Waals surface area contributed by atoms with Crippen molar-refractivity contribution in [3.05, 3.63) is 29.8 Å². The van der Waals surface area contributed by atoms with Crippen molar-refractivity contribution in [1.29, 1.82) is 0 Å². The molecule has 0 radical (unpaired) electrons. The van der Waals surface area contributed by atoms with Gasteiger partial charge in [0.05, 0.1) is 6.61 Å². The van der Waals surface area contributed by atoms with Crippen LogP contribution in [0.25, 0.3) is 0 Å². The Hall–Kier alpha value is -1.55. The summed E-state index contributed by atoms with van der Waals surface area (Å²) in [5, 5.41) is 3.01. The summed E-state index contributed by atoms with van der Waals surface area (Å²) in [6.07, 6.45) is 6.26. The van der Waals surface area contributed by atoms with Crippen LogP contribution in [0.3, 0.4) is 0 Å². The number of piperidine rings is 1. The van der Waals surface area contributed by atoms with Gasteiger partial charge < -0.3 is 15.0 Å². The largest absolute Gasteiger partial charge is 0.493 e. The first-order valence-electron chi connectivity index (χ1n) is 9.38. The zero-order valence-electron chi connectivity index (χ0n) is 15.2. The minimum Gasteiger partial charge on any atom is -0.493 e. The summed E-state index contributed by atoms with van der Waals surface area (Å²) in [5.74, 6) is 1.32. The van der Waals surface area contributed by atoms with Gasteiger partial charge in [0, 0.05) is 12.1 Å². The predicted octanol–water partition coefficient (Wildman–Crippen LogP) is 3.72. The van der Waals surface area contributed by atoms with Crippen LogP contribution in [0.2, 0.25) is 0 Å². The average molecular weight is 332 g/mol. The lowest BCUT2D eigenvalue weighted by atomic mass is 10.1. The lowest BCUT2D eigenvalue weighted by molar-refractivity contribution is 0.0952. The SMILES string of the molecule is CC(C)COc1ccc(C(=O)NCCCCN2CCCCC2)cc1. The highest BCUT2D eigenvalue weighted by Crippen LogP contribution is 2.13. The molecule has 1 fully saturated rings. The molecule has 0 unspecified atom stereocenters. The number of unbranched alkanes of at least 4 members (excludes halogenated alkanes) is 1. The monoisotopic (exact) mass is 332 g/mol. The number of carbonyl (C=O) groups excluding carboxylic acids is 1. The fourth-order valence-electron chi connectivity index (χ4n) is 2.91. The van der Waals surface area contributed by atoms with Gasteiger partial charge in [-0.1, -0.05) is 20.3 Å². The lowest BCUT2D eigenvalue weighted by Crippen LogP contribution is -2.31. The van der Waals surface area contributed by atoms with E-state index in [2.05, 4.69) is 24.1 Å². The van der Waals surface area contributed by atoms with E-state index in [1.165, 1.54) is 32.4 Å². The number of hydrogen-bond acceptors (Lipinski definition) is 3. The highest BCUT2D eigenvalue weighted by molar-refractivity contribution is 5.94. The first-order chi connectivity index (χ1) is 11.6. The smallest absolute Gasteiger partial charge is 0.251 e. The molecule has 1 aromatic rings. The highest BCUT2D eigenvalue weighted by atomic mass is 16.5. The van der Waals surface area contributed by atoms with Crippen LogP contribution >= 0.6 is 0 Å². The van der Waals surface area contributed by atoms with E-state index in [0.29, 0.717) is 18.1 Å². The maximum Gasteiger partial charge on any atom is 0.251 e. The second-order valence-electron chi connectivity index (χ2n) is 7.09. The number of nitrogens with zero attached hydrogens (tertiary/aromatic N) is 1. The molecule has 0 bridgehead atoms. The third-order valence-corrected chi connectivity index (χ3v) is 4.34. The van der Waals surface area contributed by atoms with Crippen LogP contribution in [0, 0.1) is 5.92 Å². The van der Waals surface area contributed by atoms with Gasteiger partial charge >= 0.3 is 0 Å². The molecule has 1 aromatic carbocycles. The Bertz CT molecular complexity index is 479. The molecule has 1 amide bonds. The van der Waals surface area contributed by atoms with Crippen molar-refractivity contribution in [1.82, 2.24) is 10.2 Å². The Balaban J connectivity index is 1.61. The molecule has 134 valence electrons. The number of nitrogens with one attached hydrogen (secondary N) is 1. The van der Waals surface area contributed by atoms with Crippen molar-refractivity contribution in [3.8, 4) is 5.75 Å². The average Bonchev–Trinajstić information content (AvgIpc) is 2.61. The number of amides is 1. The van der Waals surface area contributed by atoms with Gasteiger partial charge in [-0.25, -0.2) is 0 Å². The molecule has 0 aromatic heterocycles. The van der Waals surface area contributed by atoms with Gasteiger partial charge in [0.25, 0.3) is 5.91 Å². The van der Waals surface area contributed by atoms with Crippen LogP contribution in [-0.4, -0.2) is 43.6 Å². The van der Waals surface area contributed by atoms with E-state index in [0.717, 1.165) is 31.7 Å². The van der Waals surface area contributed by atoms with Crippen LogP contribution in [0.4, 0.5) is 0 Å². The quantitative estimate of drug-likeness (QED) is 0.701. The van der Waals surface area contributed by atoms with Gasteiger partial charge in [-0.2, -0.15) is 0 Å². The summed E-state index contributed by atoms with van der Waals surface area (Å²) in [4.78, 5) is 14.7. The van der Waals surface area contributed by atoms with Crippen LogP contribution in [-0.2, 0) is 0 Å². The number of hydrogen-bond donors (Lipinski definition) is 1. The molecule has 1 heterocycles. The Kier molecular flexibility index (Phi) is 8.10. The summed E-state index contributed by atoms with van der Waals surface area (Å²) in [6.45, 7) is 9.34. The van der Waals surface area contributed by atoms with Gasteiger partial charge in [-0.05, 0) is 75.5 Å². The molecule has 24 heavy (non-hydrogen) atoms. The van der Waals surface area contributed by atoms with Crippen molar-refractivity contribution in [2.24, 2.45) is 5.92 Å². The summed E-state index contributed by atoms with van der Waals surface area (Å²) in [6, 6.07) is 7.40. The third-order valence-electron chi connectivity index (χ3n) is 4.34. The summed E-state index contributed by atoms with van der Waals surface area (Å²) >= 11 is 0. The van der Waals surface area contributed by atoms with E-state index in [1.54, 1.807) is 0 Å². The van der Waals surface area contributed by atoms with E-state index < -0.39 is 0 Å². The number of ether oxygens (including phenoxy) is 1. The molecular formula is C20H32N2O2. The Morgan fingerprint density at radius 1 is 1.12 bits per heavy atom. The molecule has 0 saturated carbocycles. The zero-order valence-corrected chi connectivity index (χ0v) is 15.2. The van der Waals surface area contributed by atoms with E-state index in [1.807, 2.05) is 24.3 Å². The van der Waals surface area contributed by atoms with Crippen LogP contribution in [0.15, 0.2) is 24.3 Å². The number of carbonyl (C=O) groups is 1. The fraction of sp³-hybridized carbons (Fsp3) is 0.650. The standard InChI is InChI=1S/C20H32N2O2/c1-17(2)16-24-19-10-8-18(9-11-19)20(23)21-12-4-7-15-22-13-5-3-6-14-22/h8-11,17H,3-7,12-16H2,1-2H3,(H,21,23). The van der Waals surface area contributed by atoms with Crippen molar-refractivity contribution < 1.29 is 9.53 Å². The molecule has 2 rings (SSSR count). The van der Waals surface area contributed by atoms with E-state index >= 15 is 0 Å². The second-order valence-corrected chi connectivity index (χ2v) is 7.09. The number of benzene rings is 1. The summed E-state index contributed by atoms with van der Waals surface area (Å²) < 4.78 is 5.64. The van der Waals surface area contributed by atoms with Crippen LogP contribution in [0.1, 0.15) is 56.3 Å². The van der Waals surface area contributed by atoms with Gasteiger partial charge in [0.1, 0.15) is 5.75 Å². The molecule has 4 nitrogen and oxygen atoms in total. The van der Waals surface area contributed by atoms with Crippen molar-refractivity contribution in [3.63, 3.8) is 0 Å². The summed E-state index contributed by atoms with van der Waals surface area (Å²) in [7, 11) is 0. The Morgan fingerprint density at radius 2 is 1.83 bits per heavy atom. The molecule has 1 saturated heterocycles. The maximum atomic E-state index is 12.1. The first kappa shape index (κ1) is 18.8. The predicted molar refractivity (Wildman–Crippen MR) is 98.6 cm³/mol. The first-order valence-corrected chi connectivity index (χ1v) is 9.38. The minimum absolute atomic E-state index is 0.00313. The minimum atomic E-state index is 0.00313. The van der Waals surface area contributed by atoms with Crippen molar-refractivity contribution in [2.75, 3.05) is 32.8 Å². The van der Waals surface area contributed by atoms with Gasteiger partial charge in [-0.15, -0.1) is 0 Å². The molecule has 1 aliphatic heterocycles. The molecule has 0 atom stereocenters. The highest BCUT2D eigenvalue weighted by Gasteiger charge is 2.09. The maximum absolute atomic E-state index is 12.1. The molecular weight excluding hydrogens is 300 g/mol. The third kappa shape index (κ3) is 6.91. The van der Waals surface area contributed by atoms with Crippen molar-refractivity contribution in [2.45, 2.75) is 46.0 Å². The summed E-state index contributed by atoms with van der Waals surface area (Å²) in [5.41, 5.74) is 0.697. The molecule has 0 spiro atoms. The number of rotatable bonds is 9. The lowest BCUT2D eigenvalue weighted by Gasteiger charge is -2.26. The number of likely N-dealkylation sites (tertiary alicyclic amines) is 1. The van der Waals surface area contributed by atoms with E-state index in [-0.39, 0.29) is 5.91 Å². The Morgan fingerprint density at radius 3 is 2.50 bits per heavy atom. The molecule has 1 aliphatic rings. The van der Waals surface area contributed by atoms with Gasteiger partial charge in [0.15, 0.2) is 0 Å². The zero-order chi connectivity index (χ0) is 17.2. The van der Waals surface area contributed by atoms with Gasteiger partial charge in [0.2, 0.25) is 0 Å².